The quantitative estimate of drug-likeness (QED) is 0.554. The van der Waals surface area contributed by atoms with Crippen molar-refractivity contribution in [3.63, 3.8) is 0 Å². The van der Waals surface area contributed by atoms with Gasteiger partial charge < -0.3 is 14.4 Å². The van der Waals surface area contributed by atoms with Gasteiger partial charge in [0.05, 0.1) is 19.1 Å². The summed E-state index contributed by atoms with van der Waals surface area (Å²) in [6, 6.07) is 18.4. The smallest absolute Gasteiger partial charge is 0.261 e. The number of nitrogens with zero attached hydrogens (tertiary/aromatic N) is 1. The summed E-state index contributed by atoms with van der Waals surface area (Å²) in [6.45, 7) is 2.23. The molecule has 1 amide bonds. The molecule has 0 saturated carbocycles. The normalized spacial score (nSPS) is 11.0. The van der Waals surface area contributed by atoms with Gasteiger partial charge in [-0.25, -0.2) is 8.42 Å². The maximum atomic E-state index is 12.9. The molecule has 8 heteroatoms. The first-order valence-electron chi connectivity index (χ1n) is 9.89. The Hall–Kier alpha value is -3.52. The summed E-state index contributed by atoms with van der Waals surface area (Å²) in [7, 11) is 1.04. The van der Waals surface area contributed by atoms with Gasteiger partial charge in [0.2, 0.25) is 0 Å². The van der Waals surface area contributed by atoms with E-state index in [9.17, 15) is 13.2 Å². The number of hydrogen-bond donors (Lipinski definition) is 1. The van der Waals surface area contributed by atoms with Crippen molar-refractivity contribution in [2.45, 2.75) is 18.4 Å². The highest BCUT2D eigenvalue weighted by Crippen LogP contribution is 2.28. The van der Waals surface area contributed by atoms with Crippen LogP contribution in [0.4, 0.5) is 5.69 Å². The third-order valence-corrected chi connectivity index (χ3v) is 6.30. The molecule has 3 rings (SSSR count). The van der Waals surface area contributed by atoms with Gasteiger partial charge in [0.25, 0.3) is 15.9 Å². The van der Waals surface area contributed by atoms with Crippen LogP contribution in [0, 0.1) is 6.92 Å². The van der Waals surface area contributed by atoms with Crippen molar-refractivity contribution < 1.29 is 22.7 Å². The average molecular weight is 455 g/mol. The van der Waals surface area contributed by atoms with Crippen molar-refractivity contribution in [1.29, 1.82) is 0 Å². The van der Waals surface area contributed by atoms with Gasteiger partial charge in [0.15, 0.2) is 11.5 Å². The topological polar surface area (TPSA) is 84.9 Å². The van der Waals surface area contributed by atoms with E-state index in [0.717, 1.165) is 11.1 Å². The summed E-state index contributed by atoms with van der Waals surface area (Å²) in [5.74, 6) is 0.952. The fourth-order valence-electron chi connectivity index (χ4n) is 3.19. The Balaban J connectivity index is 1.75. The Kier molecular flexibility index (Phi) is 7.05. The zero-order chi connectivity index (χ0) is 23.3. The number of aryl methyl sites for hydroxylation is 1. The third-order valence-electron chi connectivity index (χ3n) is 4.91. The summed E-state index contributed by atoms with van der Waals surface area (Å²) in [4.78, 5) is 14.7. The van der Waals surface area contributed by atoms with Gasteiger partial charge in [-0.15, -0.1) is 0 Å². The van der Waals surface area contributed by atoms with Crippen LogP contribution in [0.15, 0.2) is 71.6 Å². The fraction of sp³-hybridized carbons (Fsp3) is 0.208. The van der Waals surface area contributed by atoms with Crippen LogP contribution in [-0.4, -0.2) is 40.5 Å². The second kappa shape index (κ2) is 9.74. The molecule has 0 fully saturated rings. The van der Waals surface area contributed by atoms with Gasteiger partial charge in [-0.05, 0) is 55.0 Å². The van der Waals surface area contributed by atoms with Crippen molar-refractivity contribution in [2.75, 3.05) is 26.0 Å². The molecule has 0 radical (unpaired) electrons. The largest absolute Gasteiger partial charge is 0.493 e. The number of benzene rings is 3. The molecule has 168 valence electrons. The number of carbonyl (C=O) groups excluding carboxylic acids is 1. The summed E-state index contributed by atoms with van der Waals surface area (Å²) in [5, 5.41) is 0. The molecule has 0 heterocycles. The number of nitrogens with one attached hydrogen (secondary N) is 1. The summed E-state index contributed by atoms with van der Waals surface area (Å²) < 4.78 is 38.4. The number of methoxy groups -OCH3 is 2. The Morgan fingerprint density at radius 1 is 0.938 bits per heavy atom. The van der Waals surface area contributed by atoms with Crippen LogP contribution in [0.5, 0.6) is 11.5 Å². The molecule has 0 aliphatic carbocycles. The van der Waals surface area contributed by atoms with Crippen molar-refractivity contribution in [3.8, 4) is 11.5 Å². The molecule has 0 aromatic heterocycles. The van der Waals surface area contributed by atoms with E-state index in [4.69, 9.17) is 9.47 Å². The minimum atomic E-state index is -3.76. The minimum absolute atomic E-state index is 0.158. The number of ether oxygens (including phenoxy) is 2. The van der Waals surface area contributed by atoms with Crippen LogP contribution in [-0.2, 0) is 16.6 Å². The number of sulfonamides is 1. The van der Waals surface area contributed by atoms with Crippen molar-refractivity contribution in [2.24, 2.45) is 0 Å². The fourth-order valence-corrected chi connectivity index (χ4v) is 4.24. The molecule has 1 N–H and O–H groups in total. The summed E-state index contributed by atoms with van der Waals surface area (Å²) in [6.07, 6.45) is 0. The van der Waals surface area contributed by atoms with Crippen LogP contribution < -0.4 is 14.2 Å². The Labute approximate surface area is 188 Å². The van der Waals surface area contributed by atoms with Crippen molar-refractivity contribution in [3.05, 3.63) is 83.4 Å². The van der Waals surface area contributed by atoms with E-state index in [1.807, 2.05) is 19.1 Å². The van der Waals surface area contributed by atoms with E-state index < -0.39 is 10.0 Å². The van der Waals surface area contributed by atoms with Gasteiger partial charge in [-0.2, -0.15) is 0 Å². The Morgan fingerprint density at radius 3 is 2.28 bits per heavy atom. The van der Waals surface area contributed by atoms with Crippen LogP contribution in [0.1, 0.15) is 21.5 Å². The van der Waals surface area contributed by atoms with E-state index in [1.165, 1.54) is 6.07 Å². The number of anilines is 1. The van der Waals surface area contributed by atoms with Crippen LogP contribution >= 0.6 is 0 Å². The molecule has 0 saturated heterocycles. The molecule has 0 aliphatic rings. The lowest BCUT2D eigenvalue weighted by Gasteiger charge is -2.19. The van der Waals surface area contributed by atoms with E-state index >= 15 is 0 Å². The van der Waals surface area contributed by atoms with E-state index in [0.29, 0.717) is 29.3 Å². The van der Waals surface area contributed by atoms with Crippen LogP contribution in [0.25, 0.3) is 0 Å². The van der Waals surface area contributed by atoms with Gasteiger partial charge in [0.1, 0.15) is 0 Å². The molecule has 32 heavy (non-hydrogen) atoms. The van der Waals surface area contributed by atoms with Crippen LogP contribution in [0.2, 0.25) is 0 Å². The highest BCUT2D eigenvalue weighted by molar-refractivity contribution is 7.92. The second-order valence-electron chi connectivity index (χ2n) is 7.35. The van der Waals surface area contributed by atoms with Gasteiger partial charge in [0, 0.05) is 24.8 Å². The van der Waals surface area contributed by atoms with Gasteiger partial charge in [-0.3, -0.25) is 9.52 Å². The summed E-state index contributed by atoms with van der Waals surface area (Å²) in [5.41, 5.74) is 2.52. The second-order valence-corrected chi connectivity index (χ2v) is 9.03. The monoisotopic (exact) mass is 454 g/mol. The molecule has 7 nitrogen and oxygen atoms in total. The molecule has 3 aromatic carbocycles. The molecular formula is C24H26N2O5S. The van der Waals surface area contributed by atoms with Crippen molar-refractivity contribution >= 4 is 21.6 Å². The highest BCUT2D eigenvalue weighted by atomic mass is 32.2. The van der Waals surface area contributed by atoms with Gasteiger partial charge in [-0.1, -0.05) is 29.8 Å². The molecule has 3 aromatic rings. The van der Waals surface area contributed by atoms with E-state index in [1.54, 1.807) is 74.7 Å². The van der Waals surface area contributed by atoms with Crippen LogP contribution in [0.3, 0.4) is 0 Å². The number of rotatable bonds is 8. The minimum Gasteiger partial charge on any atom is -0.493 e. The standard InChI is InChI=1S/C24H26N2O5S/c1-17-8-11-21(12-9-17)32(28,29)25-20-7-5-6-19(15-20)24(27)26(2)16-18-10-13-22(30-3)23(14-18)31-4/h5-15,25H,16H2,1-4H3. The third kappa shape index (κ3) is 5.39. The van der Waals surface area contributed by atoms with E-state index in [-0.39, 0.29) is 10.8 Å². The molecular weight excluding hydrogens is 428 g/mol. The lowest BCUT2D eigenvalue weighted by atomic mass is 10.1. The average Bonchev–Trinajstić information content (AvgIpc) is 2.78. The SMILES string of the molecule is COc1ccc(CN(C)C(=O)c2cccc(NS(=O)(=O)c3ccc(C)cc3)c2)cc1OC. The molecule has 0 unspecified atom stereocenters. The Bertz CT molecular complexity index is 1210. The molecule has 0 spiro atoms. The maximum Gasteiger partial charge on any atom is 0.261 e. The first kappa shape index (κ1) is 23.1. The molecule has 0 bridgehead atoms. The molecule has 0 aliphatic heterocycles. The number of carbonyl (C=O) groups is 1. The predicted octanol–water partition coefficient (Wildman–Crippen LogP) is 4.09. The number of amides is 1. The maximum absolute atomic E-state index is 12.9. The van der Waals surface area contributed by atoms with Crippen molar-refractivity contribution in [1.82, 2.24) is 4.90 Å². The first-order valence-corrected chi connectivity index (χ1v) is 11.4. The summed E-state index contributed by atoms with van der Waals surface area (Å²) >= 11 is 0. The highest BCUT2D eigenvalue weighted by Gasteiger charge is 2.17. The van der Waals surface area contributed by atoms with Gasteiger partial charge >= 0.3 is 0 Å². The zero-order valence-electron chi connectivity index (χ0n) is 18.5. The van der Waals surface area contributed by atoms with E-state index in [2.05, 4.69) is 4.72 Å². The Morgan fingerprint density at radius 2 is 1.62 bits per heavy atom. The molecule has 0 atom stereocenters. The first-order chi connectivity index (χ1) is 15.2. The lowest BCUT2D eigenvalue weighted by Crippen LogP contribution is -2.26. The predicted molar refractivity (Wildman–Crippen MR) is 124 cm³/mol. The number of hydrogen-bond acceptors (Lipinski definition) is 5. The lowest BCUT2D eigenvalue weighted by molar-refractivity contribution is 0.0785. The zero-order valence-corrected chi connectivity index (χ0v) is 19.3.